The molecule has 2 atom stereocenters. The topological polar surface area (TPSA) is 57.4 Å². The molecule has 0 spiro atoms. The molecule has 4 N–H and O–H groups in total. The third-order valence-corrected chi connectivity index (χ3v) is 4.47. The molecule has 0 unspecified atom stereocenters. The van der Waals surface area contributed by atoms with E-state index in [9.17, 15) is 0 Å². The molecule has 0 amide bonds. The van der Waals surface area contributed by atoms with Crippen LogP contribution in [0.1, 0.15) is 32.6 Å². The number of thiocarbonyl (C=S) groups is 2. The van der Waals surface area contributed by atoms with E-state index >= 15 is 0 Å². The molecule has 0 aliphatic heterocycles. The molecule has 1 aromatic rings. The van der Waals surface area contributed by atoms with Crippen molar-refractivity contribution in [2.45, 2.75) is 38.6 Å². The molecule has 1 aromatic carbocycles. The average molecular weight is 353 g/mol. The van der Waals surface area contributed by atoms with Gasteiger partial charge in [0.25, 0.3) is 0 Å². The first-order valence-electron chi connectivity index (χ1n) is 7.86. The number of nitrogens with one attached hydrogen (secondary N) is 4. The minimum Gasteiger partial charge on any atom is -0.497 e. The number of rotatable bonds is 3. The Balaban J connectivity index is 1.74. The maximum atomic E-state index is 5.32. The van der Waals surface area contributed by atoms with Crippen molar-refractivity contribution >= 4 is 40.3 Å². The lowest BCUT2D eigenvalue weighted by Gasteiger charge is -2.30. The standard InChI is InChI=1S/C16H24N4OS2/c1-11-6-3-4-9-14(11)18-16(23)20-19-15(22)17-12-7-5-8-13(10-12)21-2/h5,7-8,10-11,14H,3-4,6,9H2,1-2H3,(H2,17,19,22)(H2,18,20,23)/t11-,14-/m0/s1. The van der Waals surface area contributed by atoms with E-state index < -0.39 is 0 Å². The van der Waals surface area contributed by atoms with Gasteiger partial charge in [-0.15, -0.1) is 0 Å². The minimum atomic E-state index is 0.436. The maximum absolute atomic E-state index is 5.32. The Hall–Kier alpha value is -1.60. The van der Waals surface area contributed by atoms with Crippen LogP contribution in [0.15, 0.2) is 24.3 Å². The van der Waals surface area contributed by atoms with Crippen LogP contribution in [0.4, 0.5) is 5.69 Å². The highest BCUT2D eigenvalue weighted by Gasteiger charge is 2.21. The van der Waals surface area contributed by atoms with Gasteiger partial charge in [-0.25, -0.2) is 0 Å². The van der Waals surface area contributed by atoms with Crippen LogP contribution in [0.2, 0.25) is 0 Å². The highest BCUT2D eigenvalue weighted by Crippen LogP contribution is 2.23. The lowest BCUT2D eigenvalue weighted by molar-refractivity contribution is 0.308. The molecule has 0 bridgehead atoms. The zero-order valence-electron chi connectivity index (χ0n) is 13.5. The van der Waals surface area contributed by atoms with Crippen molar-refractivity contribution in [1.29, 1.82) is 0 Å². The minimum absolute atomic E-state index is 0.436. The lowest BCUT2D eigenvalue weighted by atomic mass is 9.86. The fourth-order valence-electron chi connectivity index (χ4n) is 2.71. The molecule has 5 nitrogen and oxygen atoms in total. The molecule has 0 saturated heterocycles. The Kier molecular flexibility index (Phi) is 6.85. The van der Waals surface area contributed by atoms with E-state index in [0.29, 0.717) is 22.2 Å². The zero-order chi connectivity index (χ0) is 16.7. The van der Waals surface area contributed by atoms with Gasteiger partial charge in [0.15, 0.2) is 10.2 Å². The predicted molar refractivity (Wildman–Crippen MR) is 103 cm³/mol. The summed E-state index contributed by atoms with van der Waals surface area (Å²) in [6.45, 7) is 2.27. The summed E-state index contributed by atoms with van der Waals surface area (Å²) in [5.41, 5.74) is 6.68. The van der Waals surface area contributed by atoms with E-state index in [-0.39, 0.29) is 0 Å². The second-order valence-corrected chi connectivity index (χ2v) is 6.59. The SMILES string of the molecule is COc1cccc(NC(=S)NNC(=S)N[C@H]2CCCC[C@@H]2C)c1. The molecule has 126 valence electrons. The summed E-state index contributed by atoms with van der Waals surface area (Å²) < 4.78 is 5.18. The van der Waals surface area contributed by atoms with E-state index in [1.165, 1.54) is 19.3 Å². The molecule has 23 heavy (non-hydrogen) atoms. The van der Waals surface area contributed by atoms with Crippen LogP contribution in [-0.4, -0.2) is 23.4 Å². The van der Waals surface area contributed by atoms with Crippen LogP contribution in [0.25, 0.3) is 0 Å². The second kappa shape index (κ2) is 8.88. The summed E-state index contributed by atoms with van der Waals surface area (Å²) in [5.74, 6) is 1.42. The first kappa shape index (κ1) is 17.7. The van der Waals surface area contributed by atoms with Gasteiger partial charge >= 0.3 is 0 Å². The Morgan fingerprint density at radius 1 is 1.13 bits per heavy atom. The van der Waals surface area contributed by atoms with E-state index in [0.717, 1.165) is 17.9 Å². The Bertz CT molecular complexity index is 553. The van der Waals surface area contributed by atoms with Gasteiger partial charge in [-0.3, -0.25) is 10.9 Å². The van der Waals surface area contributed by atoms with Crippen molar-refractivity contribution in [1.82, 2.24) is 16.2 Å². The summed E-state index contributed by atoms with van der Waals surface area (Å²) in [5, 5.41) is 7.44. The maximum Gasteiger partial charge on any atom is 0.189 e. The van der Waals surface area contributed by atoms with Crippen LogP contribution < -0.4 is 26.2 Å². The summed E-state index contributed by atoms with van der Waals surface area (Å²) in [4.78, 5) is 0. The molecular formula is C16H24N4OS2. The lowest BCUT2D eigenvalue weighted by Crippen LogP contribution is -2.52. The van der Waals surface area contributed by atoms with Gasteiger partial charge < -0.3 is 15.4 Å². The van der Waals surface area contributed by atoms with Crippen molar-refractivity contribution in [3.05, 3.63) is 24.3 Å². The summed E-state index contributed by atoms with van der Waals surface area (Å²) in [6, 6.07) is 7.99. The molecule has 7 heteroatoms. The Labute approximate surface area is 148 Å². The van der Waals surface area contributed by atoms with Crippen molar-refractivity contribution in [2.75, 3.05) is 12.4 Å². The van der Waals surface area contributed by atoms with Crippen LogP contribution in [0, 0.1) is 5.92 Å². The quantitative estimate of drug-likeness (QED) is 0.493. The number of anilines is 1. The number of hydrazine groups is 1. The third kappa shape index (κ3) is 5.84. The first-order chi connectivity index (χ1) is 11.1. The molecule has 1 fully saturated rings. The highest BCUT2D eigenvalue weighted by molar-refractivity contribution is 7.80. The third-order valence-electron chi connectivity index (χ3n) is 4.05. The molecular weight excluding hydrogens is 328 g/mol. The van der Waals surface area contributed by atoms with E-state index in [1.54, 1.807) is 7.11 Å². The molecule has 0 heterocycles. The molecule has 1 aliphatic rings. The van der Waals surface area contributed by atoms with Crippen LogP contribution in [0.5, 0.6) is 5.75 Å². The molecule has 2 rings (SSSR count). The van der Waals surface area contributed by atoms with E-state index in [2.05, 4.69) is 28.4 Å². The predicted octanol–water partition coefficient (Wildman–Crippen LogP) is 2.94. The monoisotopic (exact) mass is 352 g/mol. The molecule has 1 aliphatic carbocycles. The fourth-order valence-corrected chi connectivity index (χ4v) is 3.08. The molecule has 0 radical (unpaired) electrons. The van der Waals surface area contributed by atoms with Crippen LogP contribution in [-0.2, 0) is 0 Å². The normalized spacial score (nSPS) is 20.3. The number of methoxy groups -OCH3 is 1. The molecule has 1 saturated carbocycles. The number of hydrogen-bond donors (Lipinski definition) is 4. The largest absolute Gasteiger partial charge is 0.497 e. The number of ether oxygens (including phenoxy) is 1. The fraction of sp³-hybridized carbons (Fsp3) is 0.500. The van der Waals surface area contributed by atoms with Crippen molar-refractivity contribution in [2.24, 2.45) is 5.92 Å². The average Bonchev–Trinajstić information content (AvgIpc) is 2.55. The van der Waals surface area contributed by atoms with Gasteiger partial charge in [-0.05, 0) is 55.3 Å². The highest BCUT2D eigenvalue weighted by atomic mass is 32.1. The summed E-state index contributed by atoms with van der Waals surface area (Å²) in [6.07, 6.45) is 4.99. The number of benzene rings is 1. The van der Waals surface area contributed by atoms with Crippen LogP contribution in [0.3, 0.4) is 0 Å². The van der Waals surface area contributed by atoms with Gasteiger partial charge in [-0.2, -0.15) is 0 Å². The van der Waals surface area contributed by atoms with Crippen molar-refractivity contribution in [3.8, 4) is 5.75 Å². The summed E-state index contributed by atoms with van der Waals surface area (Å²) >= 11 is 10.6. The Morgan fingerprint density at radius 3 is 2.61 bits per heavy atom. The van der Waals surface area contributed by atoms with Crippen molar-refractivity contribution < 1.29 is 4.74 Å². The van der Waals surface area contributed by atoms with Gasteiger partial charge in [0, 0.05) is 17.8 Å². The van der Waals surface area contributed by atoms with E-state index in [4.69, 9.17) is 29.2 Å². The first-order valence-corrected chi connectivity index (χ1v) is 8.67. The second-order valence-electron chi connectivity index (χ2n) is 5.78. The van der Waals surface area contributed by atoms with Crippen molar-refractivity contribution in [3.63, 3.8) is 0 Å². The summed E-state index contributed by atoms with van der Waals surface area (Å²) in [7, 11) is 1.63. The van der Waals surface area contributed by atoms with Gasteiger partial charge in [0.05, 0.1) is 7.11 Å². The van der Waals surface area contributed by atoms with Gasteiger partial charge in [-0.1, -0.05) is 25.8 Å². The van der Waals surface area contributed by atoms with Crippen LogP contribution >= 0.6 is 24.4 Å². The van der Waals surface area contributed by atoms with E-state index in [1.807, 2.05) is 24.3 Å². The molecule has 0 aromatic heterocycles. The van der Waals surface area contributed by atoms with Gasteiger partial charge in [0.2, 0.25) is 0 Å². The zero-order valence-corrected chi connectivity index (χ0v) is 15.2. The number of hydrogen-bond acceptors (Lipinski definition) is 3. The van der Waals surface area contributed by atoms with Gasteiger partial charge in [0.1, 0.15) is 5.75 Å². The smallest absolute Gasteiger partial charge is 0.189 e. The Morgan fingerprint density at radius 2 is 1.87 bits per heavy atom.